The van der Waals surface area contributed by atoms with Crippen molar-refractivity contribution in [2.45, 2.75) is 26.4 Å². The van der Waals surface area contributed by atoms with Crippen LogP contribution in [0.25, 0.3) is 0 Å². The van der Waals surface area contributed by atoms with Crippen molar-refractivity contribution < 1.29 is 19.4 Å². The van der Waals surface area contributed by atoms with Crippen molar-refractivity contribution in [2.75, 3.05) is 6.61 Å². The molecule has 0 saturated carbocycles. The summed E-state index contributed by atoms with van der Waals surface area (Å²) in [4.78, 5) is 10.8. The Kier molecular flexibility index (Phi) is 5.24. The maximum absolute atomic E-state index is 10.8. The highest BCUT2D eigenvalue weighted by Crippen LogP contribution is 2.26. The fourth-order valence-electron chi connectivity index (χ4n) is 1.48. The molecule has 0 saturated heterocycles. The summed E-state index contributed by atoms with van der Waals surface area (Å²) in [6.45, 7) is 7.66. The van der Waals surface area contributed by atoms with Crippen LogP contribution in [0.5, 0.6) is 11.5 Å². The van der Waals surface area contributed by atoms with Crippen molar-refractivity contribution in [2.24, 2.45) is 0 Å². The average molecular weight is 250 g/mol. The van der Waals surface area contributed by atoms with E-state index in [1.165, 1.54) is 6.92 Å². The molecule has 0 aliphatic heterocycles. The van der Waals surface area contributed by atoms with Gasteiger partial charge in [-0.05, 0) is 38.5 Å². The van der Waals surface area contributed by atoms with E-state index in [2.05, 4.69) is 6.58 Å². The lowest BCUT2D eigenvalue weighted by Gasteiger charge is -2.15. The standard InChI is InChI=1S/C14H18O4/c1-4-6-11-9-12(17-5-2)7-8-13(11)18-10(3)14(15)16/h4,7-10H,1,5-6H2,2-3H3,(H,15,16)/t10-/m0/s1. The van der Waals surface area contributed by atoms with Gasteiger partial charge in [-0.15, -0.1) is 6.58 Å². The summed E-state index contributed by atoms with van der Waals surface area (Å²) in [5.41, 5.74) is 0.865. The third kappa shape index (κ3) is 3.80. The first-order valence-corrected chi connectivity index (χ1v) is 5.84. The second kappa shape index (κ2) is 6.69. The van der Waals surface area contributed by atoms with Gasteiger partial charge in [0.15, 0.2) is 6.10 Å². The molecule has 1 atom stereocenters. The topological polar surface area (TPSA) is 55.8 Å². The van der Waals surface area contributed by atoms with E-state index in [9.17, 15) is 4.79 Å². The largest absolute Gasteiger partial charge is 0.494 e. The minimum absolute atomic E-state index is 0.549. The van der Waals surface area contributed by atoms with Crippen LogP contribution in [0.15, 0.2) is 30.9 Å². The number of hydrogen-bond donors (Lipinski definition) is 1. The van der Waals surface area contributed by atoms with Gasteiger partial charge >= 0.3 is 5.97 Å². The molecule has 1 N–H and O–H groups in total. The van der Waals surface area contributed by atoms with Gasteiger partial charge in [-0.2, -0.15) is 0 Å². The monoisotopic (exact) mass is 250 g/mol. The smallest absolute Gasteiger partial charge is 0.344 e. The third-order valence-electron chi connectivity index (χ3n) is 2.36. The van der Waals surface area contributed by atoms with Crippen molar-refractivity contribution in [1.29, 1.82) is 0 Å². The molecule has 1 aromatic carbocycles. The van der Waals surface area contributed by atoms with E-state index < -0.39 is 12.1 Å². The van der Waals surface area contributed by atoms with Crippen LogP contribution in [0.3, 0.4) is 0 Å². The molecule has 98 valence electrons. The highest BCUT2D eigenvalue weighted by Gasteiger charge is 2.14. The van der Waals surface area contributed by atoms with Crippen molar-refractivity contribution in [3.05, 3.63) is 36.4 Å². The van der Waals surface area contributed by atoms with Crippen LogP contribution >= 0.6 is 0 Å². The zero-order chi connectivity index (χ0) is 13.5. The van der Waals surface area contributed by atoms with Crippen LogP contribution in [0.1, 0.15) is 19.4 Å². The number of hydrogen-bond acceptors (Lipinski definition) is 3. The summed E-state index contributed by atoms with van der Waals surface area (Å²) in [7, 11) is 0. The second-order valence-electron chi connectivity index (χ2n) is 3.79. The molecule has 0 bridgehead atoms. The lowest BCUT2D eigenvalue weighted by molar-refractivity contribution is -0.144. The summed E-state index contributed by atoms with van der Waals surface area (Å²) < 4.78 is 10.8. The van der Waals surface area contributed by atoms with Gasteiger partial charge in [-0.25, -0.2) is 4.79 Å². The first-order chi connectivity index (χ1) is 8.58. The lowest BCUT2D eigenvalue weighted by Crippen LogP contribution is -2.23. The SMILES string of the molecule is C=CCc1cc(OCC)ccc1O[C@@H](C)C(=O)O. The fraction of sp³-hybridized carbons (Fsp3) is 0.357. The molecule has 4 heteroatoms. The Morgan fingerprint density at radius 2 is 2.28 bits per heavy atom. The molecule has 1 aromatic rings. The Balaban J connectivity index is 2.95. The van der Waals surface area contributed by atoms with E-state index in [0.717, 1.165) is 11.3 Å². The Labute approximate surface area is 107 Å². The van der Waals surface area contributed by atoms with Gasteiger partial charge in [-0.3, -0.25) is 0 Å². The predicted octanol–water partition coefficient (Wildman–Crippen LogP) is 2.67. The number of carboxylic acid groups (broad SMARTS) is 1. The number of carbonyl (C=O) groups is 1. The van der Waals surface area contributed by atoms with E-state index >= 15 is 0 Å². The van der Waals surface area contributed by atoms with Crippen molar-refractivity contribution in [1.82, 2.24) is 0 Å². The number of allylic oxidation sites excluding steroid dienone is 1. The number of benzene rings is 1. The maximum atomic E-state index is 10.8. The molecule has 0 amide bonds. The first-order valence-electron chi connectivity index (χ1n) is 5.84. The van der Waals surface area contributed by atoms with Crippen molar-refractivity contribution >= 4 is 5.97 Å². The molecule has 0 fully saturated rings. The Hall–Kier alpha value is -1.97. The Morgan fingerprint density at radius 1 is 1.56 bits per heavy atom. The van der Waals surface area contributed by atoms with Crippen LogP contribution in [0, 0.1) is 0 Å². The quantitative estimate of drug-likeness (QED) is 0.756. The van der Waals surface area contributed by atoms with Gasteiger partial charge in [0.2, 0.25) is 0 Å². The summed E-state index contributed by atoms with van der Waals surface area (Å²) in [5, 5.41) is 8.83. The number of carboxylic acids is 1. The van der Waals surface area contributed by atoms with E-state index in [-0.39, 0.29) is 0 Å². The highest BCUT2D eigenvalue weighted by atomic mass is 16.5. The maximum Gasteiger partial charge on any atom is 0.344 e. The minimum atomic E-state index is -0.992. The van der Waals surface area contributed by atoms with Crippen LogP contribution in [-0.2, 0) is 11.2 Å². The molecular weight excluding hydrogens is 232 g/mol. The van der Waals surface area contributed by atoms with Gasteiger partial charge in [0.1, 0.15) is 11.5 Å². The molecule has 1 rings (SSSR count). The van der Waals surface area contributed by atoms with Crippen LogP contribution in [-0.4, -0.2) is 23.8 Å². The molecule has 4 nitrogen and oxygen atoms in total. The van der Waals surface area contributed by atoms with Crippen LogP contribution < -0.4 is 9.47 Å². The Morgan fingerprint density at radius 3 is 2.83 bits per heavy atom. The summed E-state index contributed by atoms with van der Waals surface area (Å²) in [6, 6.07) is 5.33. The average Bonchev–Trinajstić information content (AvgIpc) is 2.33. The predicted molar refractivity (Wildman–Crippen MR) is 69.2 cm³/mol. The van der Waals surface area contributed by atoms with E-state index in [0.29, 0.717) is 18.8 Å². The third-order valence-corrected chi connectivity index (χ3v) is 2.36. The second-order valence-corrected chi connectivity index (χ2v) is 3.79. The lowest BCUT2D eigenvalue weighted by atomic mass is 10.1. The normalized spacial score (nSPS) is 11.7. The van der Waals surface area contributed by atoms with Gasteiger partial charge in [0.25, 0.3) is 0 Å². The minimum Gasteiger partial charge on any atom is -0.494 e. The fourth-order valence-corrected chi connectivity index (χ4v) is 1.48. The Bertz CT molecular complexity index is 426. The van der Waals surface area contributed by atoms with Gasteiger partial charge in [0.05, 0.1) is 6.61 Å². The van der Waals surface area contributed by atoms with E-state index in [1.54, 1.807) is 18.2 Å². The van der Waals surface area contributed by atoms with Crippen LogP contribution in [0.4, 0.5) is 0 Å². The van der Waals surface area contributed by atoms with Gasteiger partial charge in [-0.1, -0.05) is 6.08 Å². The molecule has 0 aromatic heterocycles. The van der Waals surface area contributed by atoms with Crippen molar-refractivity contribution in [3.63, 3.8) is 0 Å². The zero-order valence-corrected chi connectivity index (χ0v) is 10.7. The number of rotatable bonds is 7. The molecular formula is C14H18O4. The number of aliphatic carboxylic acids is 1. The summed E-state index contributed by atoms with van der Waals surface area (Å²) >= 11 is 0. The molecule has 0 aliphatic rings. The van der Waals surface area contributed by atoms with E-state index in [1.807, 2.05) is 13.0 Å². The van der Waals surface area contributed by atoms with Crippen molar-refractivity contribution in [3.8, 4) is 11.5 Å². The van der Waals surface area contributed by atoms with Gasteiger partial charge in [0, 0.05) is 5.56 Å². The summed E-state index contributed by atoms with van der Waals surface area (Å²) in [5.74, 6) is 0.298. The van der Waals surface area contributed by atoms with E-state index in [4.69, 9.17) is 14.6 Å². The molecule has 0 spiro atoms. The summed E-state index contributed by atoms with van der Waals surface area (Å²) in [6.07, 6.45) is 1.46. The number of ether oxygens (including phenoxy) is 2. The van der Waals surface area contributed by atoms with Crippen LogP contribution in [0.2, 0.25) is 0 Å². The first kappa shape index (κ1) is 14.1. The van der Waals surface area contributed by atoms with Gasteiger partial charge < -0.3 is 14.6 Å². The zero-order valence-electron chi connectivity index (χ0n) is 10.7. The molecule has 0 heterocycles. The molecule has 0 aliphatic carbocycles. The highest BCUT2D eigenvalue weighted by molar-refractivity contribution is 5.72. The molecule has 0 radical (unpaired) electrons. The molecule has 0 unspecified atom stereocenters. The molecule has 18 heavy (non-hydrogen) atoms.